The number of fused-ring (bicyclic) bond motifs is 1. The molecule has 2 aromatic rings. The Balaban J connectivity index is 2.25. The van der Waals surface area contributed by atoms with E-state index in [0.717, 1.165) is 23.8 Å². The molecule has 0 atom stereocenters. The van der Waals surface area contributed by atoms with Gasteiger partial charge in [0.1, 0.15) is 5.75 Å². The molecular weight excluding hydrogens is 234 g/mol. The van der Waals surface area contributed by atoms with Gasteiger partial charge in [-0.25, -0.2) is 0 Å². The molecule has 2 nitrogen and oxygen atoms in total. The number of rotatable bonds is 2. The predicted octanol–water partition coefficient (Wildman–Crippen LogP) is 3.71. The highest BCUT2D eigenvalue weighted by molar-refractivity contribution is 5.88. The topological polar surface area (TPSA) is 46.2 Å². The van der Waals surface area contributed by atoms with Gasteiger partial charge in [-0.3, -0.25) is 0 Å². The van der Waals surface area contributed by atoms with E-state index in [1.165, 1.54) is 24.6 Å². The number of hydrogen-bond donors (Lipinski definition) is 2. The third-order valence-electron chi connectivity index (χ3n) is 4.64. The average Bonchev–Trinajstić information content (AvgIpc) is 2.48. The molecule has 0 aromatic heterocycles. The van der Waals surface area contributed by atoms with Crippen LogP contribution in [0.25, 0.3) is 10.8 Å². The quantitative estimate of drug-likeness (QED) is 0.859. The summed E-state index contributed by atoms with van der Waals surface area (Å²) >= 11 is 0. The van der Waals surface area contributed by atoms with Crippen molar-refractivity contribution in [1.29, 1.82) is 0 Å². The van der Waals surface area contributed by atoms with Gasteiger partial charge < -0.3 is 10.8 Å². The summed E-state index contributed by atoms with van der Waals surface area (Å²) in [6, 6.07) is 12.1. The Morgan fingerprint density at radius 1 is 1.00 bits per heavy atom. The van der Waals surface area contributed by atoms with Crippen molar-refractivity contribution in [3.8, 4) is 5.75 Å². The summed E-state index contributed by atoms with van der Waals surface area (Å²) in [6.07, 6.45) is 5.88. The molecule has 3 rings (SSSR count). The third kappa shape index (κ3) is 2.00. The molecule has 1 aliphatic rings. The van der Waals surface area contributed by atoms with E-state index in [-0.39, 0.29) is 5.41 Å². The molecule has 0 spiro atoms. The van der Waals surface area contributed by atoms with Crippen LogP contribution in [0.4, 0.5) is 0 Å². The molecule has 0 amide bonds. The van der Waals surface area contributed by atoms with Gasteiger partial charge in [0.15, 0.2) is 0 Å². The SMILES string of the molecule is NCC1(c2c(O)ccc3ccccc23)CCCCC1. The lowest BCUT2D eigenvalue weighted by Crippen LogP contribution is -2.37. The Kier molecular flexibility index (Phi) is 3.19. The molecule has 0 saturated heterocycles. The number of phenols is 1. The maximum Gasteiger partial charge on any atom is 0.120 e. The molecule has 0 radical (unpaired) electrons. The summed E-state index contributed by atoms with van der Waals surface area (Å²) in [5.74, 6) is 0.408. The molecule has 0 aliphatic heterocycles. The summed E-state index contributed by atoms with van der Waals surface area (Å²) in [5, 5.41) is 12.8. The fraction of sp³-hybridized carbons (Fsp3) is 0.412. The lowest BCUT2D eigenvalue weighted by molar-refractivity contribution is 0.293. The van der Waals surface area contributed by atoms with Gasteiger partial charge in [0.05, 0.1) is 0 Å². The van der Waals surface area contributed by atoms with Crippen molar-refractivity contribution in [1.82, 2.24) is 0 Å². The van der Waals surface area contributed by atoms with Crippen LogP contribution in [-0.2, 0) is 5.41 Å². The minimum absolute atomic E-state index is 0.0385. The first-order chi connectivity index (χ1) is 9.27. The number of hydrogen-bond acceptors (Lipinski definition) is 2. The molecule has 0 bridgehead atoms. The van der Waals surface area contributed by atoms with Crippen LogP contribution in [0.1, 0.15) is 37.7 Å². The van der Waals surface area contributed by atoms with Gasteiger partial charge in [-0.15, -0.1) is 0 Å². The normalized spacial score (nSPS) is 18.6. The Morgan fingerprint density at radius 3 is 2.47 bits per heavy atom. The molecule has 0 heterocycles. The zero-order chi connectivity index (χ0) is 13.3. The van der Waals surface area contributed by atoms with Crippen molar-refractivity contribution in [3.05, 3.63) is 42.0 Å². The van der Waals surface area contributed by atoms with Gasteiger partial charge in [0, 0.05) is 17.5 Å². The maximum absolute atomic E-state index is 10.4. The first-order valence-corrected chi connectivity index (χ1v) is 7.18. The molecule has 0 unspecified atom stereocenters. The minimum atomic E-state index is -0.0385. The lowest BCUT2D eigenvalue weighted by atomic mass is 9.68. The van der Waals surface area contributed by atoms with Crippen LogP contribution in [0, 0.1) is 0 Å². The molecule has 100 valence electrons. The number of nitrogens with two attached hydrogens (primary N) is 1. The van der Waals surface area contributed by atoms with Crippen LogP contribution in [0.5, 0.6) is 5.75 Å². The molecule has 19 heavy (non-hydrogen) atoms. The molecule has 2 aromatic carbocycles. The van der Waals surface area contributed by atoms with Gasteiger partial charge in [-0.1, -0.05) is 49.6 Å². The van der Waals surface area contributed by atoms with E-state index < -0.39 is 0 Å². The highest BCUT2D eigenvalue weighted by atomic mass is 16.3. The molecular formula is C17H21NO. The number of aromatic hydroxyl groups is 1. The Morgan fingerprint density at radius 2 is 1.74 bits per heavy atom. The van der Waals surface area contributed by atoms with Crippen molar-refractivity contribution >= 4 is 10.8 Å². The van der Waals surface area contributed by atoms with Crippen molar-refractivity contribution in [2.75, 3.05) is 6.54 Å². The van der Waals surface area contributed by atoms with Crippen molar-refractivity contribution in [2.45, 2.75) is 37.5 Å². The standard InChI is InChI=1S/C17H21NO/c18-12-17(10-4-1-5-11-17)16-14-7-3-2-6-13(14)8-9-15(16)19/h2-3,6-9,19H,1,4-5,10-12,18H2. The van der Waals surface area contributed by atoms with Crippen LogP contribution in [0.15, 0.2) is 36.4 Å². The van der Waals surface area contributed by atoms with E-state index in [0.29, 0.717) is 12.3 Å². The zero-order valence-electron chi connectivity index (χ0n) is 11.2. The first-order valence-electron chi connectivity index (χ1n) is 7.18. The van der Waals surface area contributed by atoms with Gasteiger partial charge >= 0.3 is 0 Å². The average molecular weight is 255 g/mol. The van der Waals surface area contributed by atoms with Crippen LogP contribution in [-0.4, -0.2) is 11.7 Å². The van der Waals surface area contributed by atoms with Gasteiger partial charge in [0.25, 0.3) is 0 Å². The molecule has 1 saturated carbocycles. The second-order valence-corrected chi connectivity index (χ2v) is 5.73. The first kappa shape index (κ1) is 12.5. The van der Waals surface area contributed by atoms with Crippen molar-refractivity contribution < 1.29 is 5.11 Å². The van der Waals surface area contributed by atoms with E-state index in [1.54, 1.807) is 0 Å². The van der Waals surface area contributed by atoms with Gasteiger partial charge in [-0.05, 0) is 29.7 Å². The van der Waals surface area contributed by atoms with Crippen molar-refractivity contribution in [2.24, 2.45) is 5.73 Å². The van der Waals surface area contributed by atoms with E-state index in [4.69, 9.17) is 5.73 Å². The van der Waals surface area contributed by atoms with Crippen LogP contribution in [0.3, 0.4) is 0 Å². The second kappa shape index (κ2) is 4.86. The Bertz CT molecular complexity index is 585. The fourth-order valence-corrected chi connectivity index (χ4v) is 3.60. The summed E-state index contributed by atoms with van der Waals surface area (Å²) in [4.78, 5) is 0. The Hall–Kier alpha value is -1.54. The molecule has 2 heteroatoms. The highest BCUT2D eigenvalue weighted by Gasteiger charge is 2.35. The van der Waals surface area contributed by atoms with E-state index in [2.05, 4.69) is 12.1 Å². The van der Waals surface area contributed by atoms with Gasteiger partial charge in [-0.2, -0.15) is 0 Å². The fourth-order valence-electron chi connectivity index (χ4n) is 3.60. The zero-order valence-corrected chi connectivity index (χ0v) is 11.2. The van der Waals surface area contributed by atoms with Crippen LogP contribution >= 0.6 is 0 Å². The maximum atomic E-state index is 10.4. The highest BCUT2D eigenvalue weighted by Crippen LogP contribution is 2.45. The smallest absolute Gasteiger partial charge is 0.120 e. The summed E-state index contributed by atoms with van der Waals surface area (Å²) in [5.41, 5.74) is 7.16. The third-order valence-corrected chi connectivity index (χ3v) is 4.64. The molecule has 1 aliphatic carbocycles. The summed E-state index contributed by atoms with van der Waals surface area (Å²) < 4.78 is 0. The lowest BCUT2D eigenvalue weighted by Gasteiger charge is -2.38. The molecule has 3 N–H and O–H groups in total. The second-order valence-electron chi connectivity index (χ2n) is 5.73. The molecule has 1 fully saturated rings. The summed E-state index contributed by atoms with van der Waals surface area (Å²) in [6.45, 7) is 0.620. The monoisotopic (exact) mass is 255 g/mol. The summed E-state index contributed by atoms with van der Waals surface area (Å²) in [7, 11) is 0. The predicted molar refractivity (Wildman–Crippen MR) is 79.4 cm³/mol. The van der Waals surface area contributed by atoms with E-state index in [1.807, 2.05) is 24.3 Å². The van der Waals surface area contributed by atoms with Gasteiger partial charge in [0.2, 0.25) is 0 Å². The number of phenolic OH excluding ortho intramolecular Hbond substituents is 1. The minimum Gasteiger partial charge on any atom is -0.508 e. The Labute approximate surface area is 114 Å². The largest absolute Gasteiger partial charge is 0.508 e. The van der Waals surface area contributed by atoms with Crippen molar-refractivity contribution in [3.63, 3.8) is 0 Å². The van der Waals surface area contributed by atoms with Crippen LogP contribution in [0.2, 0.25) is 0 Å². The van der Waals surface area contributed by atoms with Crippen LogP contribution < -0.4 is 5.73 Å². The number of benzene rings is 2. The van der Waals surface area contributed by atoms with E-state index >= 15 is 0 Å². The van der Waals surface area contributed by atoms with E-state index in [9.17, 15) is 5.11 Å².